The van der Waals surface area contributed by atoms with Crippen molar-refractivity contribution in [2.75, 3.05) is 38.6 Å². The first-order valence-corrected chi connectivity index (χ1v) is 9.85. The molecule has 1 saturated heterocycles. The molecule has 2 heterocycles. The fraction of sp³-hybridized carbons (Fsp3) is 0.429. The molecule has 2 amide bonds. The van der Waals surface area contributed by atoms with Crippen molar-refractivity contribution in [3.05, 3.63) is 47.3 Å². The molecular formula is C21H27N5O3. The first kappa shape index (κ1) is 20.7. The smallest absolute Gasteiger partial charge is 0.316 e. The monoisotopic (exact) mass is 397 g/mol. The molecule has 1 fully saturated rings. The summed E-state index contributed by atoms with van der Waals surface area (Å²) in [6.07, 6.45) is 6.55. The van der Waals surface area contributed by atoms with Crippen molar-refractivity contribution in [2.24, 2.45) is 0 Å². The van der Waals surface area contributed by atoms with E-state index in [0.29, 0.717) is 23.4 Å². The van der Waals surface area contributed by atoms with Gasteiger partial charge in [0.05, 0.1) is 12.7 Å². The Morgan fingerprint density at radius 3 is 2.48 bits per heavy atom. The molecule has 1 aliphatic heterocycles. The molecule has 0 bridgehead atoms. The Bertz CT molecular complexity index is 848. The molecular weight excluding hydrogens is 370 g/mol. The molecule has 0 saturated carbocycles. The van der Waals surface area contributed by atoms with Crippen LogP contribution in [0.2, 0.25) is 0 Å². The van der Waals surface area contributed by atoms with E-state index in [1.807, 2.05) is 13.0 Å². The molecule has 0 aliphatic carbocycles. The maximum atomic E-state index is 12.5. The van der Waals surface area contributed by atoms with Gasteiger partial charge in [-0.1, -0.05) is 12.5 Å². The van der Waals surface area contributed by atoms with Crippen molar-refractivity contribution in [2.45, 2.75) is 26.2 Å². The number of amides is 2. The summed E-state index contributed by atoms with van der Waals surface area (Å²) in [5, 5.41) is 5.78. The number of likely N-dealkylation sites (tertiary alicyclic amines) is 1. The summed E-state index contributed by atoms with van der Waals surface area (Å²) in [6.45, 7) is 5.55. The van der Waals surface area contributed by atoms with E-state index < -0.39 is 0 Å². The van der Waals surface area contributed by atoms with Crippen LogP contribution in [0.25, 0.3) is 0 Å². The van der Waals surface area contributed by atoms with Gasteiger partial charge in [0.25, 0.3) is 11.8 Å². The first-order chi connectivity index (χ1) is 14.1. The molecule has 1 aromatic carbocycles. The van der Waals surface area contributed by atoms with Crippen LogP contribution in [0.5, 0.6) is 6.01 Å². The van der Waals surface area contributed by atoms with Crippen molar-refractivity contribution in [1.82, 2.24) is 20.2 Å². The van der Waals surface area contributed by atoms with Gasteiger partial charge in [-0.3, -0.25) is 9.59 Å². The lowest BCUT2D eigenvalue weighted by Crippen LogP contribution is -2.37. The zero-order chi connectivity index (χ0) is 20.6. The zero-order valence-corrected chi connectivity index (χ0v) is 16.9. The Labute approximate surface area is 170 Å². The molecule has 3 rings (SSSR count). The predicted molar refractivity (Wildman–Crippen MR) is 110 cm³/mol. The van der Waals surface area contributed by atoms with Crippen LogP contribution in [-0.4, -0.2) is 60.0 Å². The summed E-state index contributed by atoms with van der Waals surface area (Å²) in [6, 6.07) is 5.46. The summed E-state index contributed by atoms with van der Waals surface area (Å²) < 4.78 is 4.90. The molecule has 1 aliphatic rings. The van der Waals surface area contributed by atoms with Crippen molar-refractivity contribution in [1.29, 1.82) is 0 Å². The van der Waals surface area contributed by atoms with Gasteiger partial charge >= 0.3 is 6.01 Å². The summed E-state index contributed by atoms with van der Waals surface area (Å²) in [5.74, 6) is -0.497. The number of aromatic nitrogens is 2. The number of aryl methyl sites for hydroxylation is 1. The SMILES string of the molecule is COc1ncc(C(=O)Nc2cc(C(=O)NCCN3CCCCC3)ccc2C)cn1. The van der Waals surface area contributed by atoms with Gasteiger partial charge in [0.15, 0.2) is 0 Å². The second-order valence-corrected chi connectivity index (χ2v) is 7.10. The second-order valence-electron chi connectivity index (χ2n) is 7.10. The van der Waals surface area contributed by atoms with Crippen molar-refractivity contribution < 1.29 is 14.3 Å². The van der Waals surface area contributed by atoms with Crippen molar-refractivity contribution >= 4 is 17.5 Å². The minimum atomic E-state index is -0.349. The number of nitrogens with zero attached hydrogens (tertiary/aromatic N) is 3. The van der Waals surface area contributed by atoms with E-state index in [0.717, 1.165) is 25.2 Å². The Balaban J connectivity index is 1.59. The topological polar surface area (TPSA) is 96.4 Å². The molecule has 0 unspecified atom stereocenters. The molecule has 8 heteroatoms. The minimum absolute atomic E-state index is 0.148. The van der Waals surface area contributed by atoms with E-state index >= 15 is 0 Å². The van der Waals surface area contributed by atoms with Crippen LogP contribution in [-0.2, 0) is 0 Å². The lowest BCUT2D eigenvalue weighted by molar-refractivity contribution is 0.0945. The second kappa shape index (κ2) is 9.97. The average Bonchev–Trinajstić information content (AvgIpc) is 2.76. The van der Waals surface area contributed by atoms with Gasteiger partial charge < -0.3 is 20.3 Å². The summed E-state index contributed by atoms with van der Waals surface area (Å²) in [4.78, 5) is 35.2. The molecule has 29 heavy (non-hydrogen) atoms. The van der Waals surface area contributed by atoms with Crippen LogP contribution in [0, 0.1) is 6.92 Å². The number of anilines is 1. The van der Waals surface area contributed by atoms with E-state index in [2.05, 4.69) is 25.5 Å². The van der Waals surface area contributed by atoms with E-state index in [1.165, 1.54) is 38.8 Å². The number of carbonyl (C=O) groups excluding carboxylic acids is 2. The fourth-order valence-electron chi connectivity index (χ4n) is 3.24. The third kappa shape index (κ3) is 5.74. The lowest BCUT2D eigenvalue weighted by Gasteiger charge is -2.26. The van der Waals surface area contributed by atoms with Gasteiger partial charge in [-0.15, -0.1) is 0 Å². The van der Waals surface area contributed by atoms with Gasteiger partial charge in [-0.05, 0) is 50.6 Å². The number of piperidine rings is 1. The fourth-order valence-corrected chi connectivity index (χ4v) is 3.24. The third-order valence-electron chi connectivity index (χ3n) is 4.98. The van der Waals surface area contributed by atoms with E-state index in [9.17, 15) is 9.59 Å². The van der Waals surface area contributed by atoms with Crippen LogP contribution in [0.1, 0.15) is 45.5 Å². The van der Waals surface area contributed by atoms with Crippen molar-refractivity contribution in [3.8, 4) is 6.01 Å². The third-order valence-corrected chi connectivity index (χ3v) is 4.98. The maximum absolute atomic E-state index is 12.5. The predicted octanol–water partition coefficient (Wildman–Crippen LogP) is 2.26. The average molecular weight is 397 g/mol. The van der Waals surface area contributed by atoms with Gasteiger partial charge in [-0.2, -0.15) is 0 Å². The number of nitrogens with one attached hydrogen (secondary N) is 2. The van der Waals surface area contributed by atoms with Crippen LogP contribution in [0.3, 0.4) is 0 Å². The number of hydrogen-bond acceptors (Lipinski definition) is 6. The highest BCUT2D eigenvalue weighted by molar-refractivity contribution is 6.05. The molecule has 154 valence electrons. The Morgan fingerprint density at radius 1 is 1.07 bits per heavy atom. The normalized spacial score (nSPS) is 14.3. The van der Waals surface area contributed by atoms with E-state index in [-0.39, 0.29) is 17.8 Å². The number of carbonyl (C=O) groups is 2. The Kier molecular flexibility index (Phi) is 7.13. The lowest BCUT2D eigenvalue weighted by atomic mass is 10.1. The van der Waals surface area contributed by atoms with Gasteiger partial charge in [0, 0.05) is 36.7 Å². The Morgan fingerprint density at radius 2 is 1.79 bits per heavy atom. The van der Waals surface area contributed by atoms with Crippen LogP contribution in [0.15, 0.2) is 30.6 Å². The standard InChI is InChI=1S/C21H27N5O3/c1-15-6-7-16(19(27)22-8-11-26-9-4-3-5-10-26)12-18(15)25-20(28)17-13-23-21(29-2)24-14-17/h6-7,12-14H,3-5,8-11H2,1-2H3,(H,22,27)(H,25,28). The van der Waals surface area contributed by atoms with Crippen molar-refractivity contribution in [3.63, 3.8) is 0 Å². The van der Waals surface area contributed by atoms with Crippen LogP contribution >= 0.6 is 0 Å². The highest BCUT2D eigenvalue weighted by atomic mass is 16.5. The minimum Gasteiger partial charge on any atom is -0.467 e. The summed E-state index contributed by atoms with van der Waals surface area (Å²) >= 11 is 0. The molecule has 0 radical (unpaired) electrons. The molecule has 8 nitrogen and oxygen atoms in total. The highest BCUT2D eigenvalue weighted by Gasteiger charge is 2.14. The zero-order valence-electron chi connectivity index (χ0n) is 16.9. The Hall–Kier alpha value is -3.00. The molecule has 2 aromatic rings. The molecule has 0 spiro atoms. The number of hydrogen-bond donors (Lipinski definition) is 2. The molecule has 1 aromatic heterocycles. The van der Waals surface area contributed by atoms with Gasteiger partial charge in [0.1, 0.15) is 0 Å². The summed E-state index contributed by atoms with van der Waals surface area (Å²) in [5.41, 5.74) is 2.25. The quantitative estimate of drug-likeness (QED) is 0.744. The summed E-state index contributed by atoms with van der Waals surface area (Å²) in [7, 11) is 1.46. The number of benzene rings is 1. The van der Waals surface area contributed by atoms with Crippen LogP contribution in [0.4, 0.5) is 5.69 Å². The molecule has 0 atom stereocenters. The number of ether oxygens (including phenoxy) is 1. The largest absolute Gasteiger partial charge is 0.467 e. The number of rotatable bonds is 7. The highest BCUT2D eigenvalue weighted by Crippen LogP contribution is 2.18. The molecule has 2 N–H and O–H groups in total. The van der Waals surface area contributed by atoms with E-state index in [1.54, 1.807) is 12.1 Å². The van der Waals surface area contributed by atoms with Crippen LogP contribution < -0.4 is 15.4 Å². The van der Waals surface area contributed by atoms with Gasteiger partial charge in [0.2, 0.25) is 0 Å². The van der Waals surface area contributed by atoms with E-state index in [4.69, 9.17) is 4.74 Å². The first-order valence-electron chi connectivity index (χ1n) is 9.85. The van der Waals surface area contributed by atoms with Gasteiger partial charge in [-0.25, -0.2) is 9.97 Å². The maximum Gasteiger partial charge on any atom is 0.316 e. The number of methoxy groups -OCH3 is 1.